The Labute approximate surface area is 174 Å². The first kappa shape index (κ1) is 19.3. The van der Waals surface area contributed by atoms with E-state index in [0.29, 0.717) is 27.8 Å². The molecule has 0 unspecified atom stereocenters. The standard InChI is InChI=1S/C19H15ClINO3S/c1-2-25-16-8-5-14(20)9-13(16)10-17-18(23)22(19(24)26-17)11-12-3-6-15(21)7-4-12/h3-10H,2,11H2,1H3/b17-10+. The summed E-state index contributed by atoms with van der Waals surface area (Å²) in [7, 11) is 0. The summed E-state index contributed by atoms with van der Waals surface area (Å²) in [6.45, 7) is 2.64. The molecule has 0 spiro atoms. The van der Waals surface area contributed by atoms with Gasteiger partial charge in [0.25, 0.3) is 11.1 Å². The Hall–Kier alpha value is -1.51. The molecular formula is C19H15ClINO3S. The summed E-state index contributed by atoms with van der Waals surface area (Å²) < 4.78 is 6.68. The summed E-state index contributed by atoms with van der Waals surface area (Å²) in [5.74, 6) is 0.322. The van der Waals surface area contributed by atoms with Crippen molar-refractivity contribution in [1.29, 1.82) is 0 Å². The maximum Gasteiger partial charge on any atom is 0.293 e. The molecule has 0 N–H and O–H groups in total. The Morgan fingerprint density at radius 1 is 1.19 bits per heavy atom. The van der Waals surface area contributed by atoms with Gasteiger partial charge in [0.05, 0.1) is 18.1 Å². The van der Waals surface area contributed by atoms with Crippen molar-refractivity contribution in [3.05, 3.63) is 67.1 Å². The summed E-state index contributed by atoms with van der Waals surface area (Å²) in [4.78, 5) is 26.6. The molecule has 2 aromatic carbocycles. The molecule has 0 radical (unpaired) electrons. The van der Waals surface area contributed by atoms with Crippen LogP contribution in [0.5, 0.6) is 5.75 Å². The second-order valence-corrected chi connectivity index (χ2v) is 8.18. The number of imide groups is 1. The predicted octanol–water partition coefficient (Wildman–Crippen LogP) is 5.58. The number of nitrogens with zero attached hydrogens (tertiary/aromatic N) is 1. The summed E-state index contributed by atoms with van der Waals surface area (Å²) >= 11 is 9.21. The zero-order valence-corrected chi connectivity index (χ0v) is 17.6. The van der Waals surface area contributed by atoms with Crippen molar-refractivity contribution < 1.29 is 14.3 Å². The third-order valence-corrected chi connectivity index (χ3v) is 5.55. The van der Waals surface area contributed by atoms with Crippen molar-refractivity contribution in [3.63, 3.8) is 0 Å². The SMILES string of the molecule is CCOc1ccc(Cl)cc1/C=C1/SC(=O)N(Cc2ccc(I)cc2)C1=O. The fourth-order valence-corrected chi connectivity index (χ4v) is 3.84. The Morgan fingerprint density at radius 3 is 2.62 bits per heavy atom. The lowest BCUT2D eigenvalue weighted by molar-refractivity contribution is -0.123. The molecule has 1 aliphatic rings. The highest BCUT2D eigenvalue weighted by molar-refractivity contribution is 14.1. The van der Waals surface area contributed by atoms with Gasteiger partial charge >= 0.3 is 0 Å². The molecule has 7 heteroatoms. The molecule has 0 atom stereocenters. The van der Waals surface area contributed by atoms with Crippen LogP contribution in [-0.2, 0) is 11.3 Å². The van der Waals surface area contributed by atoms with Gasteiger partial charge in [-0.2, -0.15) is 0 Å². The van der Waals surface area contributed by atoms with E-state index < -0.39 is 0 Å². The van der Waals surface area contributed by atoms with Crippen molar-refractivity contribution in [1.82, 2.24) is 4.90 Å². The fraction of sp³-hybridized carbons (Fsp3) is 0.158. The van der Waals surface area contributed by atoms with Gasteiger partial charge in [-0.05, 0) is 83.2 Å². The van der Waals surface area contributed by atoms with E-state index in [9.17, 15) is 9.59 Å². The van der Waals surface area contributed by atoms with Crippen LogP contribution in [-0.4, -0.2) is 22.7 Å². The van der Waals surface area contributed by atoms with Gasteiger partial charge in [-0.1, -0.05) is 23.7 Å². The van der Waals surface area contributed by atoms with Crippen molar-refractivity contribution >= 4 is 63.2 Å². The molecule has 2 amide bonds. The third-order valence-electron chi connectivity index (χ3n) is 3.69. The van der Waals surface area contributed by atoms with Gasteiger partial charge in [0.15, 0.2) is 0 Å². The number of carbonyl (C=O) groups excluding carboxylic acids is 2. The van der Waals surface area contributed by atoms with Crippen LogP contribution in [0.15, 0.2) is 47.4 Å². The van der Waals surface area contributed by atoms with Gasteiger partial charge in [0.2, 0.25) is 0 Å². The first-order valence-corrected chi connectivity index (χ1v) is 10.2. The smallest absolute Gasteiger partial charge is 0.293 e. The highest BCUT2D eigenvalue weighted by Gasteiger charge is 2.35. The van der Waals surface area contributed by atoms with Crippen LogP contribution in [0.3, 0.4) is 0 Å². The van der Waals surface area contributed by atoms with E-state index in [2.05, 4.69) is 22.6 Å². The summed E-state index contributed by atoms with van der Waals surface area (Å²) in [5, 5.41) is 0.262. The zero-order chi connectivity index (χ0) is 18.7. The first-order chi connectivity index (χ1) is 12.5. The molecule has 1 saturated heterocycles. The van der Waals surface area contributed by atoms with Crippen molar-refractivity contribution in [2.75, 3.05) is 6.61 Å². The average Bonchev–Trinajstić information content (AvgIpc) is 2.87. The molecule has 0 aliphatic carbocycles. The summed E-state index contributed by atoms with van der Waals surface area (Å²) in [6, 6.07) is 12.9. The zero-order valence-electron chi connectivity index (χ0n) is 13.9. The Morgan fingerprint density at radius 2 is 1.92 bits per heavy atom. The molecule has 0 aromatic heterocycles. The predicted molar refractivity (Wildman–Crippen MR) is 113 cm³/mol. The molecule has 3 rings (SSSR count). The number of thioether (sulfide) groups is 1. The Kier molecular flexibility index (Phi) is 6.26. The van der Waals surface area contributed by atoms with Crippen LogP contribution in [0, 0.1) is 3.57 Å². The first-order valence-electron chi connectivity index (χ1n) is 7.90. The highest BCUT2D eigenvalue weighted by atomic mass is 127. The van der Waals surface area contributed by atoms with E-state index >= 15 is 0 Å². The number of ether oxygens (including phenoxy) is 1. The third kappa shape index (κ3) is 4.42. The van der Waals surface area contributed by atoms with Gasteiger partial charge in [-0.15, -0.1) is 0 Å². The molecule has 0 saturated carbocycles. The lowest BCUT2D eigenvalue weighted by Gasteiger charge is -2.12. The second-order valence-electron chi connectivity index (χ2n) is 5.51. The Balaban J connectivity index is 1.85. The molecule has 2 aromatic rings. The van der Waals surface area contributed by atoms with Crippen LogP contribution in [0.25, 0.3) is 6.08 Å². The van der Waals surface area contributed by atoms with E-state index in [0.717, 1.165) is 20.9 Å². The number of rotatable bonds is 5. The number of benzene rings is 2. The van der Waals surface area contributed by atoms with Crippen molar-refractivity contribution in [2.24, 2.45) is 0 Å². The lowest BCUT2D eigenvalue weighted by Crippen LogP contribution is -2.27. The fourth-order valence-electron chi connectivity index (χ4n) is 2.47. The van der Waals surface area contributed by atoms with Gasteiger partial charge in [-0.25, -0.2) is 0 Å². The van der Waals surface area contributed by atoms with E-state index in [-0.39, 0.29) is 17.7 Å². The molecule has 0 bridgehead atoms. The average molecular weight is 500 g/mol. The van der Waals surface area contributed by atoms with Gasteiger partial charge in [0.1, 0.15) is 5.75 Å². The van der Waals surface area contributed by atoms with Crippen molar-refractivity contribution in [2.45, 2.75) is 13.5 Å². The molecular weight excluding hydrogens is 485 g/mol. The van der Waals surface area contributed by atoms with Gasteiger partial charge < -0.3 is 4.74 Å². The quantitative estimate of drug-likeness (QED) is 0.398. The molecule has 4 nitrogen and oxygen atoms in total. The molecule has 1 fully saturated rings. The maximum atomic E-state index is 12.7. The number of carbonyl (C=O) groups is 2. The van der Waals surface area contributed by atoms with Crippen LogP contribution in [0.1, 0.15) is 18.1 Å². The van der Waals surface area contributed by atoms with E-state index in [1.54, 1.807) is 24.3 Å². The van der Waals surface area contributed by atoms with E-state index in [1.807, 2.05) is 31.2 Å². The minimum absolute atomic E-state index is 0.257. The number of amides is 2. The second kappa shape index (κ2) is 8.45. The number of hydrogen-bond acceptors (Lipinski definition) is 4. The topological polar surface area (TPSA) is 46.6 Å². The molecule has 134 valence electrons. The van der Waals surface area contributed by atoms with Crippen molar-refractivity contribution in [3.8, 4) is 5.75 Å². The minimum atomic E-state index is -0.305. The monoisotopic (exact) mass is 499 g/mol. The minimum Gasteiger partial charge on any atom is -0.493 e. The summed E-state index contributed by atoms with van der Waals surface area (Å²) in [6.07, 6.45) is 1.66. The van der Waals surface area contributed by atoms with Crippen LogP contribution in [0.4, 0.5) is 4.79 Å². The molecule has 1 aliphatic heterocycles. The van der Waals surface area contributed by atoms with E-state index in [4.69, 9.17) is 16.3 Å². The normalized spacial score (nSPS) is 15.8. The van der Waals surface area contributed by atoms with Crippen LogP contribution >= 0.6 is 46.0 Å². The molecule has 26 heavy (non-hydrogen) atoms. The summed E-state index contributed by atoms with van der Waals surface area (Å²) in [5.41, 5.74) is 1.59. The van der Waals surface area contributed by atoms with E-state index in [1.165, 1.54) is 4.90 Å². The highest BCUT2D eigenvalue weighted by Crippen LogP contribution is 2.35. The molecule has 1 heterocycles. The van der Waals surface area contributed by atoms with Gasteiger partial charge in [-0.3, -0.25) is 14.5 Å². The van der Waals surface area contributed by atoms with Crippen LogP contribution in [0.2, 0.25) is 5.02 Å². The Bertz CT molecular complexity index is 883. The maximum absolute atomic E-state index is 12.7. The lowest BCUT2D eigenvalue weighted by atomic mass is 10.1. The largest absolute Gasteiger partial charge is 0.493 e. The number of halogens is 2. The van der Waals surface area contributed by atoms with Crippen LogP contribution < -0.4 is 4.74 Å². The van der Waals surface area contributed by atoms with Gasteiger partial charge in [0, 0.05) is 14.2 Å². The number of hydrogen-bond donors (Lipinski definition) is 0.